The average molecular weight is 363 g/mol. The Morgan fingerprint density at radius 2 is 2.04 bits per heavy atom. The molecule has 1 aromatic heterocycles. The van der Waals surface area contributed by atoms with E-state index in [4.69, 9.17) is 0 Å². The molecule has 0 unspecified atom stereocenters. The zero-order chi connectivity index (χ0) is 17.9. The fourth-order valence-electron chi connectivity index (χ4n) is 3.31. The molecule has 0 saturated heterocycles. The Morgan fingerprint density at radius 3 is 2.88 bits per heavy atom. The maximum Gasteiger partial charge on any atom is 0.257 e. The molecule has 2 aromatic carbocycles. The molecule has 0 saturated carbocycles. The van der Waals surface area contributed by atoms with Crippen molar-refractivity contribution in [2.45, 2.75) is 26.4 Å². The van der Waals surface area contributed by atoms with Gasteiger partial charge in [-0.05, 0) is 36.6 Å². The SMILES string of the molecule is Cc1cccc(C(=O)Nc2nc(CN3CCc4ccccc4C3)cs2)c1. The molecule has 26 heavy (non-hydrogen) atoms. The fourth-order valence-corrected chi connectivity index (χ4v) is 4.01. The van der Waals surface area contributed by atoms with E-state index in [0.717, 1.165) is 37.3 Å². The van der Waals surface area contributed by atoms with Crippen molar-refractivity contribution < 1.29 is 4.79 Å². The van der Waals surface area contributed by atoms with Gasteiger partial charge in [-0.3, -0.25) is 15.0 Å². The summed E-state index contributed by atoms with van der Waals surface area (Å²) in [7, 11) is 0. The molecular formula is C21H21N3OS. The monoisotopic (exact) mass is 363 g/mol. The van der Waals surface area contributed by atoms with Crippen LogP contribution in [0.4, 0.5) is 5.13 Å². The van der Waals surface area contributed by atoms with E-state index in [1.807, 2.05) is 36.6 Å². The fraction of sp³-hybridized carbons (Fsp3) is 0.238. The van der Waals surface area contributed by atoms with Gasteiger partial charge < -0.3 is 0 Å². The van der Waals surface area contributed by atoms with Gasteiger partial charge >= 0.3 is 0 Å². The van der Waals surface area contributed by atoms with E-state index in [0.29, 0.717) is 10.7 Å². The van der Waals surface area contributed by atoms with Crippen LogP contribution in [0.3, 0.4) is 0 Å². The number of nitrogens with zero attached hydrogens (tertiary/aromatic N) is 2. The highest BCUT2D eigenvalue weighted by Gasteiger charge is 2.17. The van der Waals surface area contributed by atoms with Crippen LogP contribution in [0.2, 0.25) is 0 Å². The quantitative estimate of drug-likeness (QED) is 0.753. The third-order valence-corrected chi connectivity index (χ3v) is 5.45. The molecule has 2 heterocycles. The van der Waals surface area contributed by atoms with Gasteiger partial charge in [-0.25, -0.2) is 4.98 Å². The second-order valence-corrected chi connectivity index (χ2v) is 7.56. The first-order valence-corrected chi connectivity index (χ1v) is 9.67. The lowest BCUT2D eigenvalue weighted by atomic mass is 10.00. The number of benzene rings is 2. The summed E-state index contributed by atoms with van der Waals surface area (Å²) in [5.74, 6) is -0.110. The number of hydrogen-bond donors (Lipinski definition) is 1. The zero-order valence-corrected chi connectivity index (χ0v) is 15.6. The Hall–Kier alpha value is -2.50. The molecule has 0 radical (unpaired) electrons. The first kappa shape index (κ1) is 16.9. The number of anilines is 1. The van der Waals surface area contributed by atoms with Gasteiger partial charge in [-0.1, -0.05) is 42.0 Å². The largest absolute Gasteiger partial charge is 0.298 e. The number of amides is 1. The Morgan fingerprint density at radius 1 is 1.19 bits per heavy atom. The Kier molecular flexibility index (Phi) is 4.82. The smallest absolute Gasteiger partial charge is 0.257 e. The molecular weight excluding hydrogens is 342 g/mol. The number of nitrogens with one attached hydrogen (secondary N) is 1. The Bertz CT molecular complexity index is 934. The zero-order valence-electron chi connectivity index (χ0n) is 14.7. The number of aryl methyl sites for hydroxylation is 1. The molecule has 0 fully saturated rings. The van der Waals surface area contributed by atoms with Crippen molar-refractivity contribution in [2.75, 3.05) is 11.9 Å². The number of carbonyl (C=O) groups is 1. The van der Waals surface area contributed by atoms with Gasteiger partial charge in [-0.15, -0.1) is 11.3 Å². The van der Waals surface area contributed by atoms with Crippen LogP contribution in [0.15, 0.2) is 53.9 Å². The van der Waals surface area contributed by atoms with Crippen LogP contribution in [0, 0.1) is 6.92 Å². The molecule has 5 heteroatoms. The van der Waals surface area contributed by atoms with Crippen LogP contribution < -0.4 is 5.32 Å². The summed E-state index contributed by atoms with van der Waals surface area (Å²) in [5.41, 5.74) is 5.60. The predicted octanol–water partition coefficient (Wildman–Crippen LogP) is 4.26. The minimum Gasteiger partial charge on any atom is -0.298 e. The van der Waals surface area contributed by atoms with Gasteiger partial charge in [0.05, 0.1) is 5.69 Å². The average Bonchev–Trinajstić information content (AvgIpc) is 3.08. The lowest BCUT2D eigenvalue weighted by Crippen LogP contribution is -2.30. The molecule has 0 bridgehead atoms. The maximum absolute atomic E-state index is 12.3. The first-order valence-electron chi connectivity index (χ1n) is 8.79. The summed E-state index contributed by atoms with van der Waals surface area (Å²) in [6, 6.07) is 16.2. The molecule has 1 N–H and O–H groups in total. The molecule has 1 amide bonds. The second kappa shape index (κ2) is 7.40. The molecule has 1 aliphatic rings. The number of rotatable bonds is 4. The van der Waals surface area contributed by atoms with Crippen molar-refractivity contribution in [1.29, 1.82) is 0 Å². The predicted molar refractivity (Wildman–Crippen MR) is 106 cm³/mol. The summed E-state index contributed by atoms with van der Waals surface area (Å²) in [6.45, 7) is 4.79. The molecule has 4 rings (SSSR count). The molecule has 132 valence electrons. The van der Waals surface area contributed by atoms with E-state index in [9.17, 15) is 4.79 Å². The summed E-state index contributed by atoms with van der Waals surface area (Å²) in [4.78, 5) is 19.3. The highest BCUT2D eigenvalue weighted by molar-refractivity contribution is 7.13. The highest BCUT2D eigenvalue weighted by Crippen LogP contribution is 2.22. The lowest BCUT2D eigenvalue weighted by Gasteiger charge is -2.27. The number of carbonyl (C=O) groups excluding carboxylic acids is 1. The van der Waals surface area contributed by atoms with Crippen molar-refractivity contribution >= 4 is 22.4 Å². The van der Waals surface area contributed by atoms with E-state index in [1.165, 1.54) is 22.5 Å². The Labute approximate surface area is 157 Å². The third kappa shape index (κ3) is 3.84. The summed E-state index contributed by atoms with van der Waals surface area (Å²) >= 11 is 1.48. The van der Waals surface area contributed by atoms with E-state index in [1.54, 1.807) is 0 Å². The van der Waals surface area contributed by atoms with Gasteiger partial charge in [0, 0.05) is 30.6 Å². The number of aromatic nitrogens is 1. The molecule has 0 spiro atoms. The van der Waals surface area contributed by atoms with Crippen molar-refractivity contribution in [3.63, 3.8) is 0 Å². The van der Waals surface area contributed by atoms with Crippen molar-refractivity contribution in [3.8, 4) is 0 Å². The maximum atomic E-state index is 12.3. The molecule has 0 atom stereocenters. The third-order valence-electron chi connectivity index (χ3n) is 4.65. The number of fused-ring (bicyclic) bond motifs is 1. The summed E-state index contributed by atoms with van der Waals surface area (Å²) in [6.07, 6.45) is 1.08. The van der Waals surface area contributed by atoms with Crippen LogP contribution in [0.5, 0.6) is 0 Å². The summed E-state index contributed by atoms with van der Waals surface area (Å²) < 4.78 is 0. The minimum atomic E-state index is -0.110. The van der Waals surface area contributed by atoms with Gasteiger partial charge in [0.15, 0.2) is 5.13 Å². The molecule has 0 aliphatic carbocycles. The van der Waals surface area contributed by atoms with Crippen LogP contribution in [-0.4, -0.2) is 22.3 Å². The van der Waals surface area contributed by atoms with Crippen LogP contribution >= 0.6 is 11.3 Å². The normalized spacial score (nSPS) is 14.0. The van der Waals surface area contributed by atoms with Crippen LogP contribution in [0.1, 0.15) is 32.7 Å². The van der Waals surface area contributed by atoms with E-state index in [2.05, 4.69) is 39.5 Å². The lowest BCUT2D eigenvalue weighted by molar-refractivity contribution is 0.102. The van der Waals surface area contributed by atoms with Crippen LogP contribution in [-0.2, 0) is 19.5 Å². The van der Waals surface area contributed by atoms with E-state index >= 15 is 0 Å². The van der Waals surface area contributed by atoms with Crippen molar-refractivity contribution in [1.82, 2.24) is 9.88 Å². The molecule has 3 aromatic rings. The molecule has 1 aliphatic heterocycles. The second-order valence-electron chi connectivity index (χ2n) is 6.70. The first-order chi connectivity index (χ1) is 12.7. The van der Waals surface area contributed by atoms with E-state index in [-0.39, 0.29) is 5.91 Å². The van der Waals surface area contributed by atoms with E-state index < -0.39 is 0 Å². The van der Waals surface area contributed by atoms with Gasteiger partial charge in [0.2, 0.25) is 0 Å². The summed E-state index contributed by atoms with van der Waals surface area (Å²) in [5, 5.41) is 5.60. The van der Waals surface area contributed by atoms with Crippen molar-refractivity contribution in [2.24, 2.45) is 0 Å². The van der Waals surface area contributed by atoms with Crippen LogP contribution in [0.25, 0.3) is 0 Å². The highest BCUT2D eigenvalue weighted by atomic mass is 32.1. The Balaban J connectivity index is 1.39. The standard InChI is InChI=1S/C21H21N3OS/c1-15-5-4-8-17(11-15)20(25)23-21-22-19(14-26-21)13-24-10-9-16-6-2-3-7-18(16)12-24/h2-8,11,14H,9-10,12-13H2,1H3,(H,22,23,25). The van der Waals surface area contributed by atoms with Gasteiger partial charge in [0.25, 0.3) is 5.91 Å². The number of thiazole rings is 1. The van der Waals surface area contributed by atoms with Gasteiger partial charge in [-0.2, -0.15) is 0 Å². The van der Waals surface area contributed by atoms with Gasteiger partial charge in [0.1, 0.15) is 0 Å². The number of hydrogen-bond acceptors (Lipinski definition) is 4. The van der Waals surface area contributed by atoms with Crippen molar-refractivity contribution in [3.05, 3.63) is 81.9 Å². The topological polar surface area (TPSA) is 45.2 Å². The minimum absolute atomic E-state index is 0.110. The molecule has 4 nitrogen and oxygen atoms in total.